The topological polar surface area (TPSA) is 72.4 Å². The highest BCUT2D eigenvalue weighted by Gasteiger charge is 2.20. The summed E-state index contributed by atoms with van der Waals surface area (Å²) < 4.78 is 0. The van der Waals surface area contributed by atoms with E-state index in [2.05, 4.69) is 4.90 Å². The summed E-state index contributed by atoms with van der Waals surface area (Å²) in [6.07, 6.45) is 3.55. The fraction of sp³-hybridized carbons (Fsp3) is 0.667. The smallest absolute Gasteiger partial charge is 0.324 e. The van der Waals surface area contributed by atoms with Crippen molar-refractivity contribution in [3.05, 3.63) is 27.1 Å². The van der Waals surface area contributed by atoms with E-state index in [1.165, 1.54) is 24.2 Å². The van der Waals surface area contributed by atoms with E-state index in [0.29, 0.717) is 5.92 Å². The maximum atomic E-state index is 10.6. The normalized spacial score (nSPS) is 21.1. The fourth-order valence-electron chi connectivity index (χ4n) is 2.57. The molecular formula is C12H19N3O2S. The molecule has 2 rings (SSSR count). The third-order valence-corrected chi connectivity index (χ3v) is 4.33. The van der Waals surface area contributed by atoms with Gasteiger partial charge >= 0.3 is 5.00 Å². The first kappa shape index (κ1) is 13.5. The van der Waals surface area contributed by atoms with Crippen molar-refractivity contribution >= 4 is 16.3 Å². The van der Waals surface area contributed by atoms with Crippen molar-refractivity contribution in [2.24, 2.45) is 11.7 Å². The minimum Gasteiger partial charge on any atom is -0.330 e. The molecule has 5 nitrogen and oxygen atoms in total. The molecule has 2 N–H and O–H groups in total. The molecule has 0 spiro atoms. The standard InChI is InChI=1S/C12H19N3O2S/c13-4-3-10-2-1-5-14(7-10)8-11-6-12(15(16)17)18-9-11/h6,9-10H,1-5,7-8,13H2. The average Bonchev–Trinajstić information content (AvgIpc) is 2.78. The van der Waals surface area contributed by atoms with E-state index >= 15 is 0 Å². The van der Waals surface area contributed by atoms with E-state index in [0.717, 1.165) is 38.2 Å². The first-order valence-corrected chi connectivity index (χ1v) is 7.21. The lowest BCUT2D eigenvalue weighted by molar-refractivity contribution is -0.380. The van der Waals surface area contributed by atoms with Gasteiger partial charge in [-0.05, 0) is 43.8 Å². The summed E-state index contributed by atoms with van der Waals surface area (Å²) in [6, 6.07) is 1.69. The van der Waals surface area contributed by atoms with Crippen LogP contribution in [0.5, 0.6) is 0 Å². The van der Waals surface area contributed by atoms with Crippen LogP contribution >= 0.6 is 11.3 Å². The number of thiophene rings is 1. The van der Waals surface area contributed by atoms with Crippen molar-refractivity contribution < 1.29 is 4.92 Å². The Morgan fingerprint density at radius 2 is 2.44 bits per heavy atom. The van der Waals surface area contributed by atoms with Gasteiger partial charge in [0.05, 0.1) is 4.92 Å². The van der Waals surface area contributed by atoms with Crippen LogP contribution < -0.4 is 5.73 Å². The second-order valence-electron chi connectivity index (χ2n) is 4.87. The molecule has 1 atom stereocenters. The van der Waals surface area contributed by atoms with E-state index in [4.69, 9.17) is 5.73 Å². The monoisotopic (exact) mass is 269 g/mol. The summed E-state index contributed by atoms with van der Waals surface area (Å²) >= 11 is 1.21. The number of nitrogens with zero attached hydrogens (tertiary/aromatic N) is 2. The Labute approximate surface area is 111 Å². The van der Waals surface area contributed by atoms with Gasteiger partial charge in [-0.15, -0.1) is 0 Å². The molecule has 0 saturated carbocycles. The van der Waals surface area contributed by atoms with Crippen LogP contribution in [0.4, 0.5) is 5.00 Å². The number of piperidine rings is 1. The van der Waals surface area contributed by atoms with E-state index < -0.39 is 0 Å². The van der Waals surface area contributed by atoms with Crippen LogP contribution in [0.2, 0.25) is 0 Å². The van der Waals surface area contributed by atoms with Crippen molar-refractivity contribution in [3.63, 3.8) is 0 Å². The van der Waals surface area contributed by atoms with Crippen LogP contribution in [0.25, 0.3) is 0 Å². The Bertz CT molecular complexity index is 406. The molecule has 1 aromatic heterocycles. The van der Waals surface area contributed by atoms with Crippen molar-refractivity contribution in [1.29, 1.82) is 0 Å². The molecular weight excluding hydrogens is 250 g/mol. The third-order valence-electron chi connectivity index (χ3n) is 3.40. The summed E-state index contributed by atoms with van der Waals surface area (Å²) in [7, 11) is 0. The lowest BCUT2D eigenvalue weighted by atomic mass is 9.95. The van der Waals surface area contributed by atoms with Gasteiger partial charge in [0, 0.05) is 24.5 Å². The Kier molecular flexibility index (Phi) is 4.68. The summed E-state index contributed by atoms with van der Waals surface area (Å²) in [6.45, 7) is 3.74. The molecule has 2 heterocycles. The van der Waals surface area contributed by atoms with Gasteiger partial charge in [0.25, 0.3) is 0 Å². The lowest BCUT2D eigenvalue weighted by Gasteiger charge is -2.32. The molecule has 1 fully saturated rings. The first-order valence-electron chi connectivity index (χ1n) is 6.33. The van der Waals surface area contributed by atoms with Crippen LogP contribution in [0.1, 0.15) is 24.8 Å². The molecule has 1 aromatic rings. The van der Waals surface area contributed by atoms with Gasteiger partial charge < -0.3 is 5.73 Å². The van der Waals surface area contributed by atoms with Gasteiger partial charge in [-0.25, -0.2) is 0 Å². The predicted molar refractivity (Wildman–Crippen MR) is 72.6 cm³/mol. The Balaban J connectivity index is 1.89. The average molecular weight is 269 g/mol. The van der Waals surface area contributed by atoms with Gasteiger partial charge in [-0.1, -0.05) is 11.3 Å². The van der Waals surface area contributed by atoms with E-state index in [9.17, 15) is 10.1 Å². The molecule has 0 aromatic carbocycles. The largest absolute Gasteiger partial charge is 0.330 e. The molecule has 1 aliphatic heterocycles. The summed E-state index contributed by atoms with van der Waals surface area (Å²) in [4.78, 5) is 12.7. The van der Waals surface area contributed by atoms with Crippen molar-refractivity contribution in [3.8, 4) is 0 Å². The van der Waals surface area contributed by atoms with Gasteiger partial charge in [0.15, 0.2) is 0 Å². The van der Waals surface area contributed by atoms with E-state index in [-0.39, 0.29) is 9.92 Å². The number of likely N-dealkylation sites (tertiary alicyclic amines) is 1. The van der Waals surface area contributed by atoms with Gasteiger partial charge in [-0.3, -0.25) is 15.0 Å². The number of nitrogens with two attached hydrogens (primary N) is 1. The van der Waals surface area contributed by atoms with Gasteiger partial charge in [-0.2, -0.15) is 0 Å². The zero-order chi connectivity index (χ0) is 13.0. The minimum atomic E-state index is -0.318. The quantitative estimate of drug-likeness (QED) is 0.657. The van der Waals surface area contributed by atoms with Gasteiger partial charge in [0.2, 0.25) is 0 Å². The number of hydrogen-bond acceptors (Lipinski definition) is 5. The Morgan fingerprint density at radius 3 is 3.11 bits per heavy atom. The first-order chi connectivity index (χ1) is 8.69. The van der Waals surface area contributed by atoms with Crippen LogP contribution in [0.3, 0.4) is 0 Å². The maximum Gasteiger partial charge on any atom is 0.324 e. The van der Waals surface area contributed by atoms with E-state index in [1.807, 2.05) is 5.38 Å². The zero-order valence-electron chi connectivity index (χ0n) is 10.4. The van der Waals surface area contributed by atoms with Crippen LogP contribution in [-0.4, -0.2) is 29.5 Å². The third kappa shape index (κ3) is 3.51. The molecule has 6 heteroatoms. The van der Waals surface area contributed by atoms with Crippen LogP contribution in [0.15, 0.2) is 11.4 Å². The molecule has 0 aliphatic carbocycles. The number of hydrogen-bond donors (Lipinski definition) is 1. The van der Waals surface area contributed by atoms with Gasteiger partial charge in [0.1, 0.15) is 0 Å². The van der Waals surface area contributed by atoms with E-state index in [1.54, 1.807) is 6.07 Å². The fourth-order valence-corrected chi connectivity index (χ4v) is 3.29. The maximum absolute atomic E-state index is 10.6. The molecule has 0 amide bonds. The number of nitro groups is 1. The molecule has 0 bridgehead atoms. The minimum absolute atomic E-state index is 0.237. The molecule has 1 aliphatic rings. The molecule has 1 saturated heterocycles. The summed E-state index contributed by atoms with van der Waals surface area (Å²) in [5.41, 5.74) is 6.66. The molecule has 1 unspecified atom stereocenters. The zero-order valence-corrected chi connectivity index (χ0v) is 11.2. The Morgan fingerprint density at radius 1 is 1.61 bits per heavy atom. The van der Waals surface area contributed by atoms with Crippen LogP contribution in [-0.2, 0) is 6.54 Å². The van der Waals surface area contributed by atoms with Crippen molar-refractivity contribution in [2.45, 2.75) is 25.8 Å². The molecule has 18 heavy (non-hydrogen) atoms. The lowest BCUT2D eigenvalue weighted by Crippen LogP contribution is -2.35. The molecule has 100 valence electrons. The highest BCUT2D eigenvalue weighted by atomic mass is 32.1. The molecule has 0 radical (unpaired) electrons. The SMILES string of the molecule is NCCC1CCCN(Cc2csc([N+](=O)[O-])c2)C1. The highest BCUT2D eigenvalue weighted by Crippen LogP contribution is 2.26. The van der Waals surface area contributed by atoms with Crippen LogP contribution in [0, 0.1) is 16.0 Å². The second-order valence-corrected chi connectivity index (χ2v) is 5.76. The van der Waals surface area contributed by atoms with Crippen molar-refractivity contribution in [1.82, 2.24) is 4.90 Å². The Hall–Kier alpha value is -0.980. The summed E-state index contributed by atoms with van der Waals surface area (Å²) in [5, 5.41) is 12.8. The second kappa shape index (κ2) is 6.26. The van der Waals surface area contributed by atoms with Crippen molar-refractivity contribution in [2.75, 3.05) is 19.6 Å². The summed E-state index contributed by atoms with van der Waals surface area (Å²) in [5.74, 6) is 0.692. The highest BCUT2D eigenvalue weighted by molar-refractivity contribution is 7.13. The predicted octanol–water partition coefficient (Wildman–Crippen LogP) is 2.22. The number of rotatable bonds is 5.